The quantitative estimate of drug-likeness (QED) is 0.734. The van der Waals surface area contributed by atoms with Crippen LogP contribution in [-0.2, 0) is 20.1 Å². The van der Waals surface area contributed by atoms with Gasteiger partial charge in [0.25, 0.3) is 5.56 Å². The second kappa shape index (κ2) is 7.43. The first kappa shape index (κ1) is 16.4. The Hall–Kier alpha value is -3.42. The molecule has 8 nitrogen and oxygen atoms in total. The topological polar surface area (TPSA) is 93.8 Å². The van der Waals surface area contributed by atoms with Crippen LogP contribution in [0.4, 0.5) is 10.5 Å². The van der Waals surface area contributed by atoms with Crippen molar-refractivity contribution in [2.24, 2.45) is 7.05 Å². The highest BCUT2D eigenvalue weighted by Crippen LogP contribution is 2.06. The van der Waals surface area contributed by atoms with E-state index in [1.807, 2.05) is 24.3 Å². The highest BCUT2D eigenvalue weighted by Gasteiger charge is 2.06. The molecular formula is C17H18N6O2. The lowest BCUT2D eigenvalue weighted by Crippen LogP contribution is -2.31. The van der Waals surface area contributed by atoms with Gasteiger partial charge < -0.3 is 15.2 Å². The van der Waals surface area contributed by atoms with E-state index in [0.717, 1.165) is 11.1 Å². The number of aromatic nitrogens is 4. The summed E-state index contributed by atoms with van der Waals surface area (Å²) in [6.07, 6.45) is 4.79. The number of anilines is 1. The van der Waals surface area contributed by atoms with Gasteiger partial charge in [0.2, 0.25) is 0 Å². The number of benzene rings is 1. The van der Waals surface area contributed by atoms with E-state index in [0.29, 0.717) is 13.1 Å². The molecule has 0 radical (unpaired) electrons. The first-order chi connectivity index (χ1) is 12.1. The average molecular weight is 338 g/mol. The molecule has 8 heteroatoms. The van der Waals surface area contributed by atoms with Gasteiger partial charge in [-0.1, -0.05) is 24.3 Å². The molecule has 128 valence electrons. The average Bonchev–Trinajstić information content (AvgIpc) is 3.11. The van der Waals surface area contributed by atoms with Crippen LogP contribution >= 0.6 is 0 Å². The molecule has 0 aliphatic rings. The van der Waals surface area contributed by atoms with Gasteiger partial charge in [-0.05, 0) is 23.3 Å². The first-order valence-electron chi connectivity index (χ1n) is 7.72. The highest BCUT2D eigenvalue weighted by molar-refractivity contribution is 5.88. The number of carbonyl (C=O) groups excluding carboxylic acids is 1. The van der Waals surface area contributed by atoms with Gasteiger partial charge in [-0.3, -0.25) is 4.79 Å². The predicted octanol–water partition coefficient (Wildman–Crippen LogP) is 1.35. The minimum absolute atomic E-state index is 0.241. The second-order valence-corrected chi connectivity index (χ2v) is 5.56. The number of hydrogen-bond acceptors (Lipinski definition) is 4. The minimum atomic E-state index is -0.421. The molecule has 3 aromatic rings. The van der Waals surface area contributed by atoms with Gasteiger partial charge in [0.05, 0.1) is 6.54 Å². The fourth-order valence-corrected chi connectivity index (χ4v) is 2.31. The van der Waals surface area contributed by atoms with E-state index in [9.17, 15) is 9.59 Å². The van der Waals surface area contributed by atoms with Gasteiger partial charge in [-0.25, -0.2) is 14.5 Å². The molecule has 0 fully saturated rings. The van der Waals surface area contributed by atoms with E-state index in [-0.39, 0.29) is 11.2 Å². The summed E-state index contributed by atoms with van der Waals surface area (Å²) in [7, 11) is 1.63. The minimum Gasteiger partial charge on any atom is -0.334 e. The second-order valence-electron chi connectivity index (χ2n) is 5.56. The molecule has 2 amide bonds. The van der Waals surface area contributed by atoms with Crippen LogP contribution in [0.25, 0.3) is 0 Å². The maximum Gasteiger partial charge on any atom is 0.319 e. The van der Waals surface area contributed by atoms with Crippen LogP contribution < -0.4 is 16.2 Å². The lowest BCUT2D eigenvalue weighted by Gasteiger charge is -2.09. The van der Waals surface area contributed by atoms with Crippen molar-refractivity contribution in [3.8, 4) is 0 Å². The van der Waals surface area contributed by atoms with Crippen LogP contribution in [0.5, 0.6) is 0 Å². The zero-order valence-corrected chi connectivity index (χ0v) is 13.7. The van der Waals surface area contributed by atoms with Crippen LogP contribution in [0.2, 0.25) is 0 Å². The van der Waals surface area contributed by atoms with Gasteiger partial charge in [0.15, 0.2) is 0 Å². The van der Waals surface area contributed by atoms with Crippen molar-refractivity contribution < 1.29 is 4.79 Å². The number of rotatable bonds is 5. The molecule has 2 heterocycles. The first-order valence-corrected chi connectivity index (χ1v) is 7.72. The van der Waals surface area contributed by atoms with Crippen molar-refractivity contribution >= 4 is 11.7 Å². The van der Waals surface area contributed by atoms with Crippen LogP contribution in [-0.4, -0.2) is 25.4 Å². The lowest BCUT2D eigenvalue weighted by atomic mass is 10.1. The Morgan fingerprint density at radius 1 is 1.16 bits per heavy atom. The summed E-state index contributed by atoms with van der Waals surface area (Å²) in [5, 5.41) is 9.35. The van der Waals surface area contributed by atoms with E-state index >= 15 is 0 Å². The summed E-state index contributed by atoms with van der Waals surface area (Å²) < 4.78 is 3.14. The molecule has 0 spiro atoms. The molecular weight excluding hydrogens is 320 g/mol. The fraction of sp³-hybridized carbons (Fsp3) is 0.176. The SMILES string of the molecule is Cn1cccc(NC(=O)NCc2ccc(Cn3cncn3)cc2)c1=O. The number of hydrogen-bond donors (Lipinski definition) is 2. The number of pyridine rings is 1. The fourth-order valence-electron chi connectivity index (χ4n) is 2.31. The molecule has 3 rings (SSSR count). The molecule has 0 bridgehead atoms. The number of nitrogens with one attached hydrogen (secondary N) is 2. The third kappa shape index (κ3) is 4.31. The Kier molecular flexibility index (Phi) is 4.89. The van der Waals surface area contributed by atoms with Crippen molar-refractivity contribution in [1.29, 1.82) is 0 Å². The monoisotopic (exact) mass is 338 g/mol. The number of nitrogens with zero attached hydrogens (tertiary/aromatic N) is 4. The number of carbonyl (C=O) groups is 1. The van der Waals surface area contributed by atoms with E-state index < -0.39 is 6.03 Å². The van der Waals surface area contributed by atoms with Gasteiger partial charge in [-0.15, -0.1) is 0 Å². The van der Waals surface area contributed by atoms with Crippen LogP contribution in [0.3, 0.4) is 0 Å². The van der Waals surface area contributed by atoms with E-state index in [1.165, 1.54) is 10.9 Å². The standard InChI is InChI=1S/C17H18N6O2/c1-22-8-2-3-15(16(22)24)21-17(25)19-9-13-4-6-14(7-5-13)10-23-12-18-11-20-23/h2-8,11-12H,9-10H2,1H3,(H2,19,21,25). The van der Waals surface area contributed by atoms with E-state index in [2.05, 4.69) is 20.7 Å². The molecule has 0 aliphatic heterocycles. The Morgan fingerprint density at radius 3 is 2.64 bits per heavy atom. The normalized spacial score (nSPS) is 10.4. The number of aryl methyl sites for hydroxylation is 1. The van der Waals surface area contributed by atoms with E-state index in [1.54, 1.807) is 36.4 Å². The third-order valence-electron chi connectivity index (χ3n) is 3.66. The molecule has 2 N–H and O–H groups in total. The molecule has 25 heavy (non-hydrogen) atoms. The summed E-state index contributed by atoms with van der Waals surface area (Å²) in [6, 6.07) is 10.7. The summed E-state index contributed by atoms with van der Waals surface area (Å²) in [4.78, 5) is 27.7. The zero-order chi connectivity index (χ0) is 17.6. The van der Waals surface area contributed by atoms with Crippen molar-refractivity contribution in [2.75, 3.05) is 5.32 Å². The Morgan fingerprint density at radius 2 is 1.92 bits per heavy atom. The summed E-state index contributed by atoms with van der Waals surface area (Å²) in [5.41, 5.74) is 2.03. The van der Waals surface area contributed by atoms with Crippen molar-refractivity contribution in [3.63, 3.8) is 0 Å². The van der Waals surface area contributed by atoms with Crippen LogP contribution in [0.1, 0.15) is 11.1 Å². The Labute approximate surface area is 144 Å². The molecule has 0 unspecified atom stereocenters. The van der Waals surface area contributed by atoms with Crippen molar-refractivity contribution in [3.05, 3.63) is 76.7 Å². The highest BCUT2D eigenvalue weighted by atomic mass is 16.2. The van der Waals surface area contributed by atoms with Gasteiger partial charge in [0.1, 0.15) is 18.3 Å². The maximum absolute atomic E-state index is 11.9. The molecule has 0 aliphatic carbocycles. The van der Waals surface area contributed by atoms with Crippen molar-refractivity contribution in [1.82, 2.24) is 24.6 Å². The third-order valence-corrected chi connectivity index (χ3v) is 3.66. The Balaban J connectivity index is 1.53. The molecule has 0 saturated heterocycles. The van der Waals surface area contributed by atoms with Gasteiger partial charge in [0, 0.05) is 19.8 Å². The van der Waals surface area contributed by atoms with E-state index in [4.69, 9.17) is 0 Å². The van der Waals surface area contributed by atoms with Crippen LogP contribution in [0, 0.1) is 0 Å². The molecule has 0 atom stereocenters. The molecule has 2 aromatic heterocycles. The summed E-state index contributed by atoms with van der Waals surface area (Å²) in [5.74, 6) is 0. The zero-order valence-electron chi connectivity index (χ0n) is 13.7. The largest absolute Gasteiger partial charge is 0.334 e. The lowest BCUT2D eigenvalue weighted by molar-refractivity contribution is 0.251. The molecule has 1 aromatic carbocycles. The van der Waals surface area contributed by atoms with Crippen molar-refractivity contribution in [2.45, 2.75) is 13.1 Å². The summed E-state index contributed by atoms with van der Waals surface area (Å²) >= 11 is 0. The van der Waals surface area contributed by atoms with Gasteiger partial charge in [-0.2, -0.15) is 5.10 Å². The maximum atomic E-state index is 11.9. The number of amides is 2. The number of urea groups is 1. The smallest absolute Gasteiger partial charge is 0.319 e. The summed E-state index contributed by atoms with van der Waals surface area (Å²) in [6.45, 7) is 1.01. The van der Waals surface area contributed by atoms with Gasteiger partial charge >= 0.3 is 6.03 Å². The van der Waals surface area contributed by atoms with Crippen LogP contribution in [0.15, 0.2) is 60.0 Å². The Bertz CT molecular complexity index is 900. The predicted molar refractivity (Wildman–Crippen MR) is 93.1 cm³/mol. The molecule has 0 saturated carbocycles.